The Morgan fingerprint density at radius 2 is 2.05 bits per heavy atom. The Kier molecular flexibility index (Phi) is 4.68. The highest BCUT2D eigenvalue weighted by molar-refractivity contribution is 5.77. The minimum Gasteiger partial charge on any atom is -0.494 e. The zero-order valence-electron chi connectivity index (χ0n) is 12.4. The predicted molar refractivity (Wildman–Crippen MR) is 80.3 cm³/mol. The fourth-order valence-corrected chi connectivity index (χ4v) is 2.07. The lowest BCUT2D eigenvalue weighted by Crippen LogP contribution is -1.99. The van der Waals surface area contributed by atoms with Gasteiger partial charge in [-0.2, -0.15) is 0 Å². The molecule has 0 spiro atoms. The molecule has 0 fully saturated rings. The Morgan fingerprint density at radius 3 is 2.67 bits per heavy atom. The molecule has 0 aliphatic carbocycles. The number of aldehydes is 1. The van der Waals surface area contributed by atoms with E-state index in [1.807, 2.05) is 26.8 Å². The topological polar surface area (TPSA) is 39.2 Å². The molecule has 0 aliphatic heterocycles. The summed E-state index contributed by atoms with van der Waals surface area (Å²) in [5.74, 6) is 0.405. The van der Waals surface area contributed by atoms with Crippen LogP contribution in [0.2, 0.25) is 0 Å². The monoisotopic (exact) mass is 287 g/mol. The molecule has 2 rings (SSSR count). The van der Waals surface area contributed by atoms with Crippen molar-refractivity contribution in [2.75, 3.05) is 6.61 Å². The van der Waals surface area contributed by atoms with E-state index in [2.05, 4.69) is 4.98 Å². The van der Waals surface area contributed by atoms with Crippen molar-refractivity contribution < 1.29 is 13.9 Å². The van der Waals surface area contributed by atoms with Crippen molar-refractivity contribution >= 4 is 6.29 Å². The summed E-state index contributed by atoms with van der Waals surface area (Å²) in [7, 11) is 0. The second kappa shape index (κ2) is 6.48. The molecule has 0 aliphatic rings. The van der Waals surface area contributed by atoms with Crippen molar-refractivity contribution in [1.82, 2.24) is 4.98 Å². The van der Waals surface area contributed by atoms with E-state index in [-0.39, 0.29) is 11.7 Å². The van der Waals surface area contributed by atoms with Gasteiger partial charge in [-0.25, -0.2) is 9.37 Å². The van der Waals surface area contributed by atoms with Gasteiger partial charge in [0.2, 0.25) is 0 Å². The third kappa shape index (κ3) is 3.45. The van der Waals surface area contributed by atoms with Crippen molar-refractivity contribution in [3.05, 3.63) is 47.5 Å². The maximum atomic E-state index is 14.1. The fourth-order valence-electron chi connectivity index (χ4n) is 2.07. The number of pyridine rings is 1. The molecule has 0 bridgehead atoms. The lowest BCUT2D eigenvalue weighted by Gasteiger charge is -2.11. The van der Waals surface area contributed by atoms with E-state index in [0.29, 0.717) is 35.5 Å². The van der Waals surface area contributed by atoms with Crippen LogP contribution >= 0.6 is 0 Å². The Hall–Kier alpha value is -2.23. The van der Waals surface area contributed by atoms with Crippen molar-refractivity contribution in [3.63, 3.8) is 0 Å². The molecular weight excluding hydrogens is 269 g/mol. The first-order valence-corrected chi connectivity index (χ1v) is 6.95. The smallest absolute Gasteiger partial charge is 0.168 e. The summed E-state index contributed by atoms with van der Waals surface area (Å²) in [5.41, 5.74) is 2.11. The van der Waals surface area contributed by atoms with E-state index in [1.165, 1.54) is 6.07 Å². The fraction of sp³-hybridized carbons (Fsp3) is 0.294. The highest BCUT2D eigenvalue weighted by Crippen LogP contribution is 2.29. The van der Waals surface area contributed by atoms with Crippen molar-refractivity contribution in [2.24, 2.45) is 0 Å². The molecule has 3 nitrogen and oxygen atoms in total. The summed E-state index contributed by atoms with van der Waals surface area (Å²) in [6.07, 6.45) is 0.680. The summed E-state index contributed by atoms with van der Waals surface area (Å²) < 4.78 is 19.5. The van der Waals surface area contributed by atoms with Crippen LogP contribution < -0.4 is 4.74 Å². The van der Waals surface area contributed by atoms with Crippen LogP contribution in [0.15, 0.2) is 30.3 Å². The number of halogens is 1. The predicted octanol–water partition coefficient (Wildman–Crippen LogP) is 4.22. The lowest BCUT2D eigenvalue weighted by molar-refractivity contribution is 0.111. The first-order valence-electron chi connectivity index (χ1n) is 6.95. The summed E-state index contributed by atoms with van der Waals surface area (Å²) in [6, 6.07) is 8.01. The van der Waals surface area contributed by atoms with Crippen molar-refractivity contribution in [1.29, 1.82) is 0 Å². The summed E-state index contributed by atoms with van der Waals surface area (Å²) in [5, 5.41) is 0. The molecule has 0 radical (unpaired) electrons. The van der Waals surface area contributed by atoms with Gasteiger partial charge in [0.1, 0.15) is 17.3 Å². The van der Waals surface area contributed by atoms with E-state index in [4.69, 9.17) is 4.74 Å². The molecular formula is C17H18FNO2. The van der Waals surface area contributed by atoms with Gasteiger partial charge in [-0.3, -0.25) is 4.79 Å². The molecule has 0 N–H and O–H groups in total. The van der Waals surface area contributed by atoms with Gasteiger partial charge in [0.05, 0.1) is 6.61 Å². The van der Waals surface area contributed by atoms with Crippen molar-refractivity contribution in [3.8, 4) is 16.9 Å². The summed E-state index contributed by atoms with van der Waals surface area (Å²) >= 11 is 0. The number of hydrogen-bond donors (Lipinski definition) is 0. The average molecular weight is 287 g/mol. The second-order valence-corrected chi connectivity index (χ2v) is 5.05. The Bertz CT molecular complexity index is 653. The zero-order valence-corrected chi connectivity index (χ0v) is 12.4. The normalized spacial score (nSPS) is 10.7. The summed E-state index contributed by atoms with van der Waals surface area (Å²) in [6.45, 7) is 6.34. The Morgan fingerprint density at radius 1 is 1.29 bits per heavy atom. The van der Waals surface area contributed by atoms with Gasteiger partial charge in [0.25, 0.3) is 0 Å². The number of rotatable bonds is 5. The van der Waals surface area contributed by atoms with Crippen LogP contribution in [0.1, 0.15) is 42.9 Å². The molecule has 1 aromatic heterocycles. The number of ether oxygens (including phenoxy) is 1. The van der Waals surface area contributed by atoms with E-state index >= 15 is 0 Å². The Balaban J connectivity index is 2.57. The maximum absolute atomic E-state index is 14.1. The van der Waals surface area contributed by atoms with Crippen LogP contribution in [-0.4, -0.2) is 17.9 Å². The van der Waals surface area contributed by atoms with Gasteiger partial charge in [-0.05, 0) is 48.7 Å². The molecule has 0 saturated heterocycles. The minimum atomic E-state index is -0.351. The van der Waals surface area contributed by atoms with Gasteiger partial charge < -0.3 is 4.74 Å². The molecule has 21 heavy (non-hydrogen) atoms. The quantitative estimate of drug-likeness (QED) is 0.773. The van der Waals surface area contributed by atoms with Crippen LogP contribution in [-0.2, 0) is 0 Å². The third-order valence-electron chi connectivity index (χ3n) is 3.14. The molecule has 1 aromatic carbocycles. The van der Waals surface area contributed by atoms with E-state index < -0.39 is 0 Å². The lowest BCUT2D eigenvalue weighted by atomic mass is 10.0. The van der Waals surface area contributed by atoms with Crippen LogP contribution in [0.3, 0.4) is 0 Å². The first kappa shape index (κ1) is 15.2. The number of hydrogen-bond acceptors (Lipinski definition) is 3. The van der Waals surface area contributed by atoms with Crippen LogP contribution in [0.5, 0.6) is 5.75 Å². The average Bonchev–Trinajstić information content (AvgIpc) is 2.48. The van der Waals surface area contributed by atoms with Crippen LogP contribution in [0, 0.1) is 5.82 Å². The number of nitrogens with zero attached hydrogens (tertiary/aromatic N) is 1. The standard InChI is InChI=1S/C17H18FNO2/c1-4-21-14-5-6-16(18)15(9-14)12-7-13(10-20)19-17(8-12)11(2)3/h5-11H,4H2,1-3H3. The maximum Gasteiger partial charge on any atom is 0.168 e. The second-order valence-electron chi connectivity index (χ2n) is 5.05. The molecule has 0 saturated carbocycles. The number of carbonyl (C=O) groups is 1. The number of aromatic nitrogens is 1. The van der Waals surface area contributed by atoms with Crippen molar-refractivity contribution in [2.45, 2.75) is 26.7 Å². The molecule has 0 unspecified atom stereocenters. The number of benzene rings is 1. The van der Waals surface area contributed by atoms with E-state index in [0.717, 1.165) is 5.69 Å². The molecule has 2 aromatic rings. The molecule has 110 valence electrons. The van der Waals surface area contributed by atoms with Gasteiger partial charge in [-0.15, -0.1) is 0 Å². The Labute approximate surface area is 123 Å². The third-order valence-corrected chi connectivity index (χ3v) is 3.14. The van der Waals surface area contributed by atoms with Crippen LogP contribution in [0.25, 0.3) is 11.1 Å². The largest absolute Gasteiger partial charge is 0.494 e. The molecule has 0 amide bonds. The van der Waals surface area contributed by atoms with E-state index in [1.54, 1.807) is 18.2 Å². The number of carbonyl (C=O) groups excluding carboxylic acids is 1. The highest BCUT2D eigenvalue weighted by Gasteiger charge is 2.12. The zero-order chi connectivity index (χ0) is 15.4. The van der Waals surface area contributed by atoms with Gasteiger partial charge in [0.15, 0.2) is 6.29 Å². The van der Waals surface area contributed by atoms with Gasteiger partial charge >= 0.3 is 0 Å². The minimum absolute atomic E-state index is 0.154. The van der Waals surface area contributed by atoms with Gasteiger partial charge in [-0.1, -0.05) is 13.8 Å². The highest BCUT2D eigenvalue weighted by atomic mass is 19.1. The van der Waals surface area contributed by atoms with E-state index in [9.17, 15) is 9.18 Å². The van der Waals surface area contributed by atoms with Crippen LogP contribution in [0.4, 0.5) is 4.39 Å². The SMILES string of the molecule is CCOc1ccc(F)c(-c2cc(C=O)nc(C(C)C)c2)c1. The molecule has 0 atom stereocenters. The molecule has 4 heteroatoms. The summed E-state index contributed by atoms with van der Waals surface area (Å²) in [4.78, 5) is 15.3. The first-order chi connectivity index (χ1) is 10.0. The van der Waals surface area contributed by atoms with Gasteiger partial charge in [0, 0.05) is 11.3 Å². The molecule has 1 heterocycles.